The summed E-state index contributed by atoms with van der Waals surface area (Å²) in [5, 5.41) is 6.32. The highest BCUT2D eigenvalue weighted by Crippen LogP contribution is 2.17. The Kier molecular flexibility index (Phi) is 3.99. The first-order valence-electron chi connectivity index (χ1n) is 6.42. The highest BCUT2D eigenvalue weighted by Gasteiger charge is 2.29. The Hall–Kier alpha value is -1.10. The van der Waals surface area contributed by atoms with E-state index in [1.807, 2.05) is 0 Å². The van der Waals surface area contributed by atoms with E-state index < -0.39 is 0 Å². The van der Waals surface area contributed by atoms with E-state index in [0.717, 1.165) is 32.4 Å². The number of piperidine rings is 2. The van der Waals surface area contributed by atoms with Crippen LogP contribution in [0.25, 0.3) is 0 Å². The molecule has 2 N–H and O–H groups in total. The molecule has 0 bridgehead atoms. The summed E-state index contributed by atoms with van der Waals surface area (Å²) in [6, 6.07) is 0.242. The molecule has 2 fully saturated rings. The van der Waals surface area contributed by atoms with Crippen molar-refractivity contribution in [3.8, 4) is 0 Å². The van der Waals surface area contributed by atoms with E-state index in [-0.39, 0.29) is 23.8 Å². The van der Waals surface area contributed by atoms with Crippen LogP contribution < -0.4 is 10.6 Å². The van der Waals surface area contributed by atoms with E-state index >= 15 is 0 Å². The lowest BCUT2D eigenvalue weighted by atomic mass is 9.95. The summed E-state index contributed by atoms with van der Waals surface area (Å²) in [5.41, 5.74) is 0. The van der Waals surface area contributed by atoms with Crippen molar-refractivity contribution < 1.29 is 9.59 Å². The summed E-state index contributed by atoms with van der Waals surface area (Å²) in [7, 11) is 1.79. The van der Waals surface area contributed by atoms with Gasteiger partial charge in [0.25, 0.3) is 0 Å². The van der Waals surface area contributed by atoms with Gasteiger partial charge in [-0.05, 0) is 25.8 Å². The quantitative estimate of drug-likeness (QED) is 0.697. The molecule has 0 aromatic rings. The van der Waals surface area contributed by atoms with Gasteiger partial charge in [-0.25, -0.2) is 0 Å². The van der Waals surface area contributed by atoms with Gasteiger partial charge in [-0.2, -0.15) is 0 Å². The Bertz CT molecular complexity index is 300. The molecule has 0 aromatic carbocycles. The standard InChI is InChI=1S/C12H21N3O2/c1-15-6-4-9(7-11(15)16)12(17)14-10-3-2-5-13-8-10/h9-10,13H,2-8H2,1H3,(H,14,17). The molecule has 96 valence electrons. The van der Waals surface area contributed by atoms with Gasteiger partial charge < -0.3 is 15.5 Å². The smallest absolute Gasteiger partial charge is 0.223 e. The molecule has 2 saturated heterocycles. The number of hydrogen-bond acceptors (Lipinski definition) is 3. The number of nitrogens with zero attached hydrogens (tertiary/aromatic N) is 1. The van der Waals surface area contributed by atoms with Crippen LogP contribution in [0, 0.1) is 5.92 Å². The summed E-state index contributed by atoms with van der Waals surface area (Å²) >= 11 is 0. The molecule has 2 heterocycles. The lowest BCUT2D eigenvalue weighted by Gasteiger charge is -2.30. The molecular weight excluding hydrogens is 218 g/mol. The Labute approximate surface area is 102 Å². The van der Waals surface area contributed by atoms with Crippen LogP contribution in [0.1, 0.15) is 25.7 Å². The van der Waals surface area contributed by atoms with Gasteiger partial charge in [0.05, 0.1) is 0 Å². The van der Waals surface area contributed by atoms with Gasteiger partial charge in [-0.1, -0.05) is 0 Å². The minimum atomic E-state index is -0.124. The summed E-state index contributed by atoms with van der Waals surface area (Å²) in [5.74, 6) is 0.0129. The first-order valence-corrected chi connectivity index (χ1v) is 6.42. The van der Waals surface area contributed by atoms with Gasteiger partial charge in [0.15, 0.2) is 0 Å². The van der Waals surface area contributed by atoms with Gasteiger partial charge in [0, 0.05) is 38.5 Å². The molecule has 2 aliphatic heterocycles. The molecule has 2 unspecified atom stereocenters. The van der Waals surface area contributed by atoms with Gasteiger partial charge in [0.2, 0.25) is 11.8 Å². The number of carbonyl (C=O) groups is 2. The van der Waals surface area contributed by atoms with Gasteiger partial charge in [-0.3, -0.25) is 9.59 Å². The van der Waals surface area contributed by atoms with Gasteiger partial charge >= 0.3 is 0 Å². The molecule has 2 amide bonds. The Morgan fingerprint density at radius 1 is 1.47 bits per heavy atom. The van der Waals surface area contributed by atoms with Crippen molar-refractivity contribution in [3.05, 3.63) is 0 Å². The van der Waals surface area contributed by atoms with E-state index in [4.69, 9.17) is 0 Å². The van der Waals surface area contributed by atoms with Crippen molar-refractivity contribution >= 4 is 11.8 Å². The number of amides is 2. The van der Waals surface area contributed by atoms with Gasteiger partial charge in [-0.15, -0.1) is 0 Å². The van der Waals surface area contributed by atoms with E-state index in [2.05, 4.69) is 10.6 Å². The summed E-state index contributed by atoms with van der Waals surface area (Å²) in [6.07, 6.45) is 3.30. The van der Waals surface area contributed by atoms with Crippen LogP contribution in [0.3, 0.4) is 0 Å². The molecular formula is C12H21N3O2. The molecule has 5 nitrogen and oxygen atoms in total. The van der Waals surface area contributed by atoms with Crippen LogP contribution in [0.5, 0.6) is 0 Å². The fourth-order valence-electron chi connectivity index (χ4n) is 2.46. The topological polar surface area (TPSA) is 61.4 Å². The maximum Gasteiger partial charge on any atom is 0.223 e. The Morgan fingerprint density at radius 3 is 2.94 bits per heavy atom. The fraction of sp³-hybridized carbons (Fsp3) is 0.833. The van der Waals surface area contributed by atoms with Crippen molar-refractivity contribution in [2.45, 2.75) is 31.7 Å². The molecule has 0 aliphatic carbocycles. The molecule has 2 aliphatic rings. The zero-order chi connectivity index (χ0) is 12.3. The molecule has 17 heavy (non-hydrogen) atoms. The predicted octanol–water partition coefficient (Wildman–Crippen LogP) is -0.277. The largest absolute Gasteiger partial charge is 0.352 e. The molecule has 5 heteroatoms. The first-order chi connectivity index (χ1) is 8.16. The Balaban J connectivity index is 1.81. The van der Waals surface area contributed by atoms with E-state index in [9.17, 15) is 9.59 Å². The number of rotatable bonds is 2. The average molecular weight is 239 g/mol. The summed E-state index contributed by atoms with van der Waals surface area (Å²) < 4.78 is 0. The molecule has 2 rings (SSSR count). The van der Waals surface area contributed by atoms with Crippen molar-refractivity contribution in [2.24, 2.45) is 5.92 Å². The van der Waals surface area contributed by atoms with Crippen LogP contribution >= 0.6 is 0 Å². The maximum atomic E-state index is 12.0. The SMILES string of the molecule is CN1CCC(C(=O)NC2CCCNC2)CC1=O. The fourth-order valence-corrected chi connectivity index (χ4v) is 2.46. The van der Waals surface area contributed by atoms with Crippen LogP contribution in [0.15, 0.2) is 0 Å². The normalized spacial score (nSPS) is 30.2. The number of likely N-dealkylation sites (tertiary alicyclic amines) is 1. The van der Waals surface area contributed by atoms with E-state index in [0.29, 0.717) is 13.0 Å². The third-order valence-electron chi connectivity index (χ3n) is 3.67. The van der Waals surface area contributed by atoms with Crippen LogP contribution in [0.4, 0.5) is 0 Å². The van der Waals surface area contributed by atoms with E-state index in [1.165, 1.54) is 0 Å². The average Bonchev–Trinajstić information content (AvgIpc) is 2.34. The highest BCUT2D eigenvalue weighted by atomic mass is 16.2. The molecule has 0 radical (unpaired) electrons. The first kappa shape index (κ1) is 12.4. The van der Waals surface area contributed by atoms with E-state index in [1.54, 1.807) is 11.9 Å². The minimum Gasteiger partial charge on any atom is -0.352 e. The Morgan fingerprint density at radius 2 is 2.29 bits per heavy atom. The van der Waals surface area contributed by atoms with Crippen molar-refractivity contribution in [1.82, 2.24) is 15.5 Å². The second kappa shape index (κ2) is 5.49. The zero-order valence-corrected chi connectivity index (χ0v) is 10.4. The number of carbonyl (C=O) groups excluding carboxylic acids is 2. The number of nitrogens with one attached hydrogen (secondary N) is 2. The van der Waals surface area contributed by atoms with Crippen molar-refractivity contribution in [1.29, 1.82) is 0 Å². The van der Waals surface area contributed by atoms with Crippen LogP contribution in [-0.2, 0) is 9.59 Å². The predicted molar refractivity (Wildman–Crippen MR) is 64.4 cm³/mol. The minimum absolute atomic E-state index is 0.0557. The molecule has 0 saturated carbocycles. The summed E-state index contributed by atoms with van der Waals surface area (Å²) in [6.45, 7) is 2.59. The molecule has 2 atom stereocenters. The molecule has 0 aromatic heterocycles. The highest BCUT2D eigenvalue weighted by molar-refractivity contribution is 5.86. The zero-order valence-electron chi connectivity index (χ0n) is 10.4. The van der Waals surface area contributed by atoms with Crippen LogP contribution in [0.2, 0.25) is 0 Å². The lowest BCUT2D eigenvalue weighted by molar-refractivity contribution is -0.139. The van der Waals surface area contributed by atoms with Crippen molar-refractivity contribution in [2.75, 3.05) is 26.7 Å². The molecule has 0 spiro atoms. The second-order valence-corrected chi connectivity index (χ2v) is 5.06. The third kappa shape index (κ3) is 3.19. The second-order valence-electron chi connectivity index (χ2n) is 5.06. The lowest BCUT2D eigenvalue weighted by Crippen LogP contribution is -2.49. The van der Waals surface area contributed by atoms with Crippen LogP contribution in [-0.4, -0.2) is 49.4 Å². The van der Waals surface area contributed by atoms with Crippen molar-refractivity contribution in [3.63, 3.8) is 0 Å². The summed E-state index contributed by atoms with van der Waals surface area (Å²) in [4.78, 5) is 25.2. The maximum absolute atomic E-state index is 12.0. The third-order valence-corrected chi connectivity index (χ3v) is 3.67. The number of hydrogen-bond donors (Lipinski definition) is 2. The van der Waals surface area contributed by atoms with Gasteiger partial charge in [0.1, 0.15) is 0 Å². The monoisotopic (exact) mass is 239 g/mol.